The van der Waals surface area contributed by atoms with Gasteiger partial charge in [-0.25, -0.2) is 4.90 Å². The zero-order chi connectivity index (χ0) is 26.3. The lowest BCUT2D eigenvalue weighted by Gasteiger charge is -2.55. The maximum atomic E-state index is 13.3. The molecule has 2 bridgehead atoms. The summed E-state index contributed by atoms with van der Waals surface area (Å²) in [6.45, 7) is 6.70. The van der Waals surface area contributed by atoms with Crippen molar-refractivity contribution in [1.29, 1.82) is 0 Å². The first-order valence-corrected chi connectivity index (χ1v) is 13.0. The first kappa shape index (κ1) is 25.6. The average Bonchev–Trinajstić information content (AvgIpc) is 3.13. The van der Waals surface area contributed by atoms with E-state index in [2.05, 4.69) is 77.7 Å². The van der Waals surface area contributed by atoms with Gasteiger partial charge in [0.15, 0.2) is 0 Å². The Morgan fingerprint density at radius 3 is 1.78 bits per heavy atom. The first-order valence-electron chi connectivity index (χ1n) is 13.0. The third-order valence-corrected chi connectivity index (χ3v) is 7.87. The highest BCUT2D eigenvalue weighted by Gasteiger charge is 2.61. The number of primary amides is 1. The van der Waals surface area contributed by atoms with Crippen molar-refractivity contribution in [3.8, 4) is 0 Å². The Balaban J connectivity index is 1.70. The van der Waals surface area contributed by atoms with Gasteiger partial charge in [-0.1, -0.05) is 91.0 Å². The molecule has 3 N–H and O–H groups in total. The molecule has 2 aliphatic heterocycles. The van der Waals surface area contributed by atoms with Crippen molar-refractivity contribution in [1.82, 2.24) is 9.80 Å². The topological polar surface area (TPSA) is 79.0 Å². The molecule has 0 saturated carbocycles. The molecular weight excluding hydrogens is 462 g/mol. The molecule has 2 heterocycles. The standard InChI is InChI=1S/C31H37N3O3/c1-29(2,3)37-28(36)34-26-19-20-30(34,27(32)35)22-33(21-26)31(23-13-7-4-8-14-23,24-15-9-5-10-16-24)25-17-11-6-12-18-25/h4-18,26,28,36H,19-22H2,1-3H3,(H2,32,35). The Morgan fingerprint density at radius 2 is 1.38 bits per heavy atom. The Hall–Kier alpha value is -3.03. The van der Waals surface area contributed by atoms with Gasteiger partial charge in [0.1, 0.15) is 5.54 Å². The van der Waals surface area contributed by atoms with Crippen LogP contribution in [-0.4, -0.2) is 57.5 Å². The molecule has 6 heteroatoms. The molecule has 3 atom stereocenters. The number of hydrogen-bond acceptors (Lipinski definition) is 5. The third kappa shape index (κ3) is 4.38. The Bertz CT molecular complexity index is 1120. The van der Waals surface area contributed by atoms with Gasteiger partial charge in [-0.05, 0) is 50.3 Å². The number of fused-ring (bicyclic) bond motifs is 2. The van der Waals surface area contributed by atoms with Crippen molar-refractivity contribution in [3.63, 3.8) is 0 Å². The van der Waals surface area contributed by atoms with Gasteiger partial charge in [-0.2, -0.15) is 0 Å². The van der Waals surface area contributed by atoms with Gasteiger partial charge >= 0.3 is 0 Å². The summed E-state index contributed by atoms with van der Waals surface area (Å²) < 4.78 is 5.96. The second kappa shape index (κ2) is 9.69. The van der Waals surface area contributed by atoms with E-state index in [1.54, 1.807) is 0 Å². The molecular formula is C31H37N3O3. The van der Waals surface area contributed by atoms with Crippen molar-refractivity contribution in [2.24, 2.45) is 5.73 Å². The molecule has 0 radical (unpaired) electrons. The molecule has 194 valence electrons. The lowest BCUT2D eigenvalue weighted by Crippen LogP contribution is -2.72. The highest BCUT2D eigenvalue weighted by Crippen LogP contribution is 2.49. The van der Waals surface area contributed by atoms with Crippen LogP contribution in [-0.2, 0) is 15.1 Å². The molecule has 5 rings (SSSR count). The number of hydrogen-bond donors (Lipinski definition) is 2. The summed E-state index contributed by atoms with van der Waals surface area (Å²) in [7, 11) is 0. The Labute approximate surface area is 219 Å². The summed E-state index contributed by atoms with van der Waals surface area (Å²) >= 11 is 0. The fourth-order valence-corrected chi connectivity index (χ4v) is 6.43. The summed E-state index contributed by atoms with van der Waals surface area (Å²) in [4.78, 5) is 17.5. The molecule has 6 nitrogen and oxygen atoms in total. The van der Waals surface area contributed by atoms with Gasteiger partial charge in [0.05, 0.1) is 11.1 Å². The quantitative estimate of drug-likeness (QED) is 0.378. The van der Waals surface area contributed by atoms with Crippen molar-refractivity contribution >= 4 is 5.91 Å². The molecule has 3 aromatic carbocycles. The largest absolute Gasteiger partial charge is 0.368 e. The zero-order valence-corrected chi connectivity index (χ0v) is 21.9. The highest BCUT2D eigenvalue weighted by atomic mass is 16.6. The minimum atomic E-state index is -1.22. The number of aliphatic hydroxyl groups is 1. The van der Waals surface area contributed by atoms with E-state index in [0.717, 1.165) is 23.1 Å². The number of nitrogens with two attached hydrogens (primary N) is 1. The van der Waals surface area contributed by atoms with Gasteiger partial charge in [0.25, 0.3) is 0 Å². The van der Waals surface area contributed by atoms with E-state index in [9.17, 15) is 9.90 Å². The maximum Gasteiger partial charge on any atom is 0.239 e. The first-order chi connectivity index (χ1) is 17.7. The molecule has 0 spiro atoms. The predicted molar refractivity (Wildman–Crippen MR) is 144 cm³/mol. The lowest BCUT2D eigenvalue weighted by atomic mass is 9.74. The number of piperazine rings is 1. The molecule has 2 saturated heterocycles. The highest BCUT2D eigenvalue weighted by molar-refractivity contribution is 5.86. The van der Waals surface area contributed by atoms with Crippen molar-refractivity contribution in [2.45, 2.75) is 62.7 Å². The van der Waals surface area contributed by atoms with Crippen LogP contribution in [0.3, 0.4) is 0 Å². The predicted octanol–water partition coefficient (Wildman–Crippen LogP) is 4.07. The monoisotopic (exact) mass is 499 g/mol. The van der Waals surface area contributed by atoms with Crippen molar-refractivity contribution < 1.29 is 14.6 Å². The number of nitrogens with zero attached hydrogens (tertiary/aromatic N) is 2. The number of carbonyl (C=O) groups excluding carboxylic acids is 1. The minimum absolute atomic E-state index is 0.103. The van der Waals surface area contributed by atoms with Crippen molar-refractivity contribution in [3.05, 3.63) is 108 Å². The van der Waals surface area contributed by atoms with E-state index in [4.69, 9.17) is 10.5 Å². The van der Waals surface area contributed by atoms with E-state index in [1.807, 2.05) is 43.9 Å². The van der Waals surface area contributed by atoms with Gasteiger partial charge in [0, 0.05) is 19.1 Å². The van der Waals surface area contributed by atoms with Crippen LogP contribution in [0.1, 0.15) is 50.3 Å². The normalized spacial score (nSPS) is 23.6. The SMILES string of the molecule is CC(C)(C)OC(O)N1C2CCC1(C(N)=O)CN(C(c1ccccc1)(c1ccccc1)c1ccccc1)C2. The van der Waals surface area contributed by atoms with Crippen LogP contribution in [0.15, 0.2) is 91.0 Å². The number of amides is 1. The summed E-state index contributed by atoms with van der Waals surface area (Å²) in [5.74, 6) is -0.431. The fourth-order valence-electron chi connectivity index (χ4n) is 6.43. The van der Waals surface area contributed by atoms with Crippen LogP contribution in [0.5, 0.6) is 0 Å². The van der Waals surface area contributed by atoms with Gasteiger partial charge in [-0.3, -0.25) is 9.69 Å². The lowest BCUT2D eigenvalue weighted by molar-refractivity contribution is -0.272. The van der Waals surface area contributed by atoms with E-state index < -0.39 is 29.0 Å². The molecule has 3 unspecified atom stereocenters. The molecule has 37 heavy (non-hydrogen) atoms. The maximum absolute atomic E-state index is 13.3. The van der Waals surface area contributed by atoms with Crippen LogP contribution in [0, 0.1) is 0 Å². The number of ether oxygens (including phenoxy) is 1. The molecule has 0 aromatic heterocycles. The minimum Gasteiger partial charge on any atom is -0.368 e. The molecule has 3 aromatic rings. The number of benzene rings is 3. The van der Waals surface area contributed by atoms with E-state index in [-0.39, 0.29) is 6.04 Å². The summed E-state index contributed by atoms with van der Waals surface area (Å²) in [5.41, 5.74) is 7.24. The van der Waals surface area contributed by atoms with E-state index in [1.165, 1.54) is 0 Å². The fraction of sp³-hybridized carbons (Fsp3) is 0.387. The van der Waals surface area contributed by atoms with Gasteiger partial charge in [-0.15, -0.1) is 0 Å². The zero-order valence-electron chi connectivity index (χ0n) is 21.9. The third-order valence-electron chi connectivity index (χ3n) is 7.87. The Kier molecular flexibility index (Phi) is 6.71. The van der Waals surface area contributed by atoms with Crippen LogP contribution < -0.4 is 5.73 Å². The van der Waals surface area contributed by atoms with Crippen LogP contribution in [0.25, 0.3) is 0 Å². The van der Waals surface area contributed by atoms with E-state index >= 15 is 0 Å². The summed E-state index contributed by atoms with van der Waals surface area (Å²) in [6.07, 6.45) is 0.0998. The number of rotatable bonds is 7. The molecule has 0 aliphatic carbocycles. The van der Waals surface area contributed by atoms with Crippen LogP contribution >= 0.6 is 0 Å². The summed E-state index contributed by atoms with van der Waals surface area (Å²) in [5, 5.41) is 11.2. The average molecular weight is 500 g/mol. The molecule has 2 fully saturated rings. The van der Waals surface area contributed by atoms with E-state index in [0.29, 0.717) is 19.5 Å². The van der Waals surface area contributed by atoms with Crippen LogP contribution in [0.4, 0.5) is 0 Å². The number of likely N-dealkylation sites (tertiary alicyclic amines) is 1. The van der Waals surface area contributed by atoms with Gasteiger partial charge in [0.2, 0.25) is 12.3 Å². The van der Waals surface area contributed by atoms with Gasteiger partial charge < -0.3 is 15.6 Å². The smallest absolute Gasteiger partial charge is 0.239 e. The van der Waals surface area contributed by atoms with Crippen LogP contribution in [0.2, 0.25) is 0 Å². The van der Waals surface area contributed by atoms with Crippen molar-refractivity contribution in [2.75, 3.05) is 13.1 Å². The molecule has 2 aliphatic rings. The number of aliphatic hydroxyl groups excluding tert-OH is 1. The second-order valence-corrected chi connectivity index (χ2v) is 11.2. The summed E-state index contributed by atoms with van der Waals surface area (Å²) in [6, 6.07) is 31.3. The Morgan fingerprint density at radius 1 is 0.919 bits per heavy atom. The molecule has 1 amide bonds. The number of carbonyl (C=O) groups is 1. The second-order valence-electron chi connectivity index (χ2n) is 11.2.